The number of benzene rings is 3. The van der Waals surface area contributed by atoms with Crippen LogP contribution in [0.25, 0.3) is 0 Å². The van der Waals surface area contributed by atoms with Gasteiger partial charge in [0, 0.05) is 32.1 Å². The number of fused-ring (bicyclic) bond motifs is 4. The molecule has 3 fully saturated rings. The zero-order valence-electron chi connectivity index (χ0n) is 29.7. The van der Waals surface area contributed by atoms with E-state index in [1.165, 1.54) is 46.2 Å². The molecule has 4 aliphatic rings. The largest absolute Gasteiger partial charge is 0.507 e. The molecule has 0 bridgehead atoms. The Morgan fingerprint density at radius 2 is 1.30 bits per heavy atom. The number of aromatic hydroxyl groups is 1. The van der Waals surface area contributed by atoms with Crippen molar-refractivity contribution in [2.24, 2.45) is 17.8 Å². The highest BCUT2D eigenvalue weighted by Crippen LogP contribution is 2.66. The van der Waals surface area contributed by atoms with Crippen LogP contribution in [0.2, 0.25) is 0 Å². The molecule has 2 aliphatic carbocycles. The second-order valence-electron chi connectivity index (χ2n) is 14.4. The van der Waals surface area contributed by atoms with Crippen molar-refractivity contribution < 1.29 is 56.1 Å². The number of nitro groups is 2. The van der Waals surface area contributed by atoms with Gasteiger partial charge in [-0.1, -0.05) is 23.8 Å². The SMILES string of the molecule is Cc1cc(C2C3=CCC4C(=O)N(c5cc([N+](=O)[O-])c(N(C)C)c([N+](=O)[O-])c5)C(=O)C4C3CC3(Cl)C(=O)N(c4c(F)c(F)c(F)c(F)c4F)C(=O)C23Cl)cc(C)c1O. The summed E-state index contributed by atoms with van der Waals surface area (Å²) in [6, 6.07) is 4.31. The van der Waals surface area contributed by atoms with E-state index in [4.69, 9.17) is 23.2 Å². The first kappa shape index (κ1) is 39.5. The minimum Gasteiger partial charge on any atom is -0.507 e. The second kappa shape index (κ2) is 12.9. The van der Waals surface area contributed by atoms with E-state index in [1.54, 1.807) is 0 Å². The van der Waals surface area contributed by atoms with E-state index in [2.05, 4.69) is 0 Å². The number of nitrogens with zero attached hydrogens (tertiary/aromatic N) is 5. The van der Waals surface area contributed by atoms with Crippen molar-refractivity contribution >= 4 is 75.3 Å². The van der Waals surface area contributed by atoms with Crippen LogP contribution in [0.3, 0.4) is 0 Å². The van der Waals surface area contributed by atoms with E-state index in [-0.39, 0.29) is 39.3 Å². The van der Waals surface area contributed by atoms with Crippen LogP contribution in [0, 0.1) is 80.9 Å². The number of phenolic OH excluding ortho intramolecular Hbond substituents is 1. The van der Waals surface area contributed by atoms with Gasteiger partial charge in [-0.3, -0.25) is 39.4 Å². The minimum atomic E-state index is -2.83. The predicted molar refractivity (Wildman–Crippen MR) is 191 cm³/mol. The summed E-state index contributed by atoms with van der Waals surface area (Å²) in [4.78, 5) is 75.6. The molecule has 0 aromatic heterocycles. The fourth-order valence-electron chi connectivity index (χ4n) is 8.81. The Morgan fingerprint density at radius 1 is 0.789 bits per heavy atom. The fourth-order valence-corrected chi connectivity index (χ4v) is 9.74. The van der Waals surface area contributed by atoms with Crippen LogP contribution in [-0.4, -0.2) is 62.4 Å². The van der Waals surface area contributed by atoms with Gasteiger partial charge in [0.1, 0.15) is 11.4 Å². The fraction of sp³-hybridized carbons (Fsp3) is 0.333. The number of anilines is 3. The van der Waals surface area contributed by atoms with Gasteiger partial charge >= 0.3 is 11.4 Å². The van der Waals surface area contributed by atoms with Crippen molar-refractivity contribution in [3.05, 3.63) is 102 Å². The highest BCUT2D eigenvalue weighted by molar-refractivity contribution is 6.58. The average Bonchev–Trinajstić information content (AvgIpc) is 3.49. The topological polar surface area (TPSA) is 185 Å². The Hall–Kier alpha value is -5.69. The maximum absolute atomic E-state index is 15.3. The molecule has 3 aromatic carbocycles. The Labute approximate surface area is 327 Å². The summed E-state index contributed by atoms with van der Waals surface area (Å²) >= 11 is 14.3. The third kappa shape index (κ3) is 5.13. The summed E-state index contributed by atoms with van der Waals surface area (Å²) in [5.41, 5.74) is -3.96. The molecule has 2 aliphatic heterocycles. The van der Waals surface area contributed by atoms with Gasteiger partial charge in [-0.05, 0) is 49.3 Å². The Balaban J connectivity index is 1.43. The maximum Gasteiger partial charge on any atom is 0.301 e. The molecule has 1 N–H and O–H groups in total. The second-order valence-corrected chi connectivity index (χ2v) is 15.7. The molecule has 7 rings (SSSR count). The number of halogens is 7. The van der Waals surface area contributed by atoms with Gasteiger partial charge in [0.15, 0.2) is 38.7 Å². The first-order valence-corrected chi connectivity index (χ1v) is 17.6. The summed E-state index contributed by atoms with van der Waals surface area (Å²) in [6.07, 6.45) is 0.332. The third-order valence-electron chi connectivity index (χ3n) is 11.2. The molecule has 4 amide bonds. The van der Waals surface area contributed by atoms with E-state index in [0.29, 0.717) is 4.90 Å². The van der Waals surface area contributed by atoms with Crippen LogP contribution in [0.1, 0.15) is 35.4 Å². The van der Waals surface area contributed by atoms with Crippen LogP contribution in [0.4, 0.5) is 50.4 Å². The van der Waals surface area contributed by atoms with Crippen molar-refractivity contribution in [2.45, 2.75) is 42.4 Å². The van der Waals surface area contributed by atoms with Crippen LogP contribution in [0.15, 0.2) is 35.9 Å². The lowest BCUT2D eigenvalue weighted by Gasteiger charge is -2.50. The Bertz CT molecular complexity index is 2400. The van der Waals surface area contributed by atoms with Crippen molar-refractivity contribution in [2.75, 3.05) is 28.8 Å². The van der Waals surface area contributed by atoms with Crippen LogP contribution < -0.4 is 14.7 Å². The third-order valence-corrected chi connectivity index (χ3v) is 12.6. The highest BCUT2D eigenvalue weighted by atomic mass is 35.5. The molecular formula is C36H26Cl2F5N5O9. The number of alkyl halides is 2. The molecule has 21 heteroatoms. The van der Waals surface area contributed by atoms with E-state index < -0.39 is 131 Å². The van der Waals surface area contributed by atoms with Crippen LogP contribution >= 0.6 is 23.2 Å². The number of hydrogen-bond donors (Lipinski definition) is 1. The van der Waals surface area contributed by atoms with Crippen LogP contribution in [-0.2, 0) is 19.2 Å². The number of aryl methyl sites for hydroxylation is 2. The van der Waals surface area contributed by atoms with E-state index in [0.717, 1.165) is 17.0 Å². The molecule has 0 radical (unpaired) electrons. The van der Waals surface area contributed by atoms with E-state index >= 15 is 8.78 Å². The number of rotatable bonds is 6. The van der Waals surface area contributed by atoms with E-state index in [9.17, 15) is 57.7 Å². The number of hydrogen-bond acceptors (Lipinski definition) is 10. The van der Waals surface area contributed by atoms with Gasteiger partial charge in [0.05, 0.1) is 27.4 Å². The number of carbonyl (C=O) groups is 4. The summed E-state index contributed by atoms with van der Waals surface area (Å²) < 4.78 is 73.8. The molecule has 3 aromatic rings. The quantitative estimate of drug-likeness (QED) is 0.0429. The van der Waals surface area contributed by atoms with Crippen molar-refractivity contribution in [1.29, 1.82) is 0 Å². The number of phenols is 1. The molecule has 14 nitrogen and oxygen atoms in total. The zero-order valence-corrected chi connectivity index (χ0v) is 31.2. The molecule has 2 saturated heterocycles. The molecule has 6 atom stereocenters. The molecule has 6 unspecified atom stereocenters. The maximum atomic E-state index is 15.3. The van der Waals surface area contributed by atoms with Gasteiger partial charge in [0.2, 0.25) is 17.6 Å². The normalized spacial score (nSPS) is 26.7. The standard InChI is InChI=1S/C36H26Cl2F5N5O9/c1-12-7-14(8-13(2)30(12)49)22-16-5-6-17-21(32(51)45(31(17)50)15-9-19(47(54)55)28(44(3)4)20(10-15)48(56)57)18(16)11-35(37)33(52)46(34(53)36(22,35)38)29-26(42)24(40)23(39)25(41)27(29)43/h5,7-10,17-18,21-22,49H,6,11H2,1-4H3. The van der Waals surface area contributed by atoms with Gasteiger partial charge < -0.3 is 10.0 Å². The van der Waals surface area contributed by atoms with Gasteiger partial charge in [0.25, 0.3) is 11.8 Å². The Kier molecular flexibility index (Phi) is 8.96. The zero-order chi connectivity index (χ0) is 42.1. The van der Waals surface area contributed by atoms with Crippen molar-refractivity contribution in [3.8, 4) is 5.75 Å². The number of nitro benzene ring substituents is 2. The van der Waals surface area contributed by atoms with Gasteiger partial charge in [-0.2, -0.15) is 0 Å². The molecule has 2 heterocycles. The average molecular weight is 839 g/mol. The number of carbonyl (C=O) groups excluding carboxylic acids is 4. The lowest BCUT2D eigenvalue weighted by Crippen LogP contribution is -2.60. The summed E-state index contributed by atoms with van der Waals surface area (Å²) in [5.74, 6) is -24.0. The molecule has 0 spiro atoms. The molecular weight excluding hydrogens is 812 g/mol. The summed E-state index contributed by atoms with van der Waals surface area (Å²) in [6.45, 7) is 2.93. The predicted octanol–water partition coefficient (Wildman–Crippen LogP) is 6.35. The first-order chi connectivity index (χ1) is 26.5. The minimum absolute atomic E-state index is 0.0665. The van der Waals surface area contributed by atoms with Gasteiger partial charge in [-0.15, -0.1) is 23.2 Å². The molecule has 298 valence electrons. The summed E-state index contributed by atoms with van der Waals surface area (Å²) in [5, 5.41) is 34.8. The van der Waals surface area contributed by atoms with Crippen molar-refractivity contribution in [3.63, 3.8) is 0 Å². The number of imide groups is 2. The molecule has 57 heavy (non-hydrogen) atoms. The van der Waals surface area contributed by atoms with E-state index in [1.807, 2.05) is 0 Å². The number of allylic oxidation sites excluding steroid dienone is 2. The highest BCUT2D eigenvalue weighted by Gasteiger charge is 2.77. The lowest BCUT2D eigenvalue weighted by molar-refractivity contribution is -0.392. The van der Waals surface area contributed by atoms with Gasteiger partial charge in [-0.25, -0.2) is 31.8 Å². The number of amides is 4. The smallest absolute Gasteiger partial charge is 0.301 e. The summed E-state index contributed by atoms with van der Waals surface area (Å²) in [7, 11) is 2.61. The lowest BCUT2D eigenvalue weighted by atomic mass is 9.56. The van der Waals surface area contributed by atoms with Crippen LogP contribution in [0.5, 0.6) is 5.75 Å². The monoisotopic (exact) mass is 837 g/mol. The molecule has 1 saturated carbocycles. The van der Waals surface area contributed by atoms with Crippen molar-refractivity contribution in [1.82, 2.24) is 0 Å². The first-order valence-electron chi connectivity index (χ1n) is 16.8. The Morgan fingerprint density at radius 3 is 1.79 bits per heavy atom.